The summed E-state index contributed by atoms with van der Waals surface area (Å²) in [4.78, 5) is 23.9. The zero-order chi connectivity index (χ0) is 24.7. The van der Waals surface area contributed by atoms with E-state index in [0.717, 1.165) is 29.5 Å². The van der Waals surface area contributed by atoms with Crippen molar-refractivity contribution in [1.29, 1.82) is 0 Å². The Balaban J connectivity index is 1.85. The molecule has 182 valence electrons. The molecule has 0 spiro atoms. The average molecular weight is 485 g/mol. The van der Waals surface area contributed by atoms with E-state index in [-0.39, 0.29) is 30.0 Å². The first-order valence-electron chi connectivity index (χ1n) is 11.8. The maximum absolute atomic E-state index is 12.0. The zero-order valence-electron chi connectivity index (χ0n) is 19.9. The van der Waals surface area contributed by atoms with Gasteiger partial charge in [-0.1, -0.05) is 55.8 Å². The molecule has 34 heavy (non-hydrogen) atoms. The number of halogens is 1. The van der Waals surface area contributed by atoms with Gasteiger partial charge in [0.2, 0.25) is 5.91 Å². The molecule has 0 aliphatic heterocycles. The number of carbonyl (C=O) groups is 2. The normalized spacial score (nSPS) is 20.1. The second kappa shape index (κ2) is 12.2. The van der Waals surface area contributed by atoms with Gasteiger partial charge in [0.05, 0.1) is 18.2 Å². The van der Waals surface area contributed by atoms with Gasteiger partial charge in [0.25, 0.3) is 0 Å². The third-order valence-corrected chi connectivity index (χ3v) is 6.35. The van der Waals surface area contributed by atoms with Crippen LogP contribution in [-0.2, 0) is 20.9 Å². The van der Waals surface area contributed by atoms with E-state index in [0.29, 0.717) is 11.6 Å². The molecule has 6 nitrogen and oxygen atoms in total. The van der Waals surface area contributed by atoms with Crippen LogP contribution in [-0.4, -0.2) is 41.3 Å². The van der Waals surface area contributed by atoms with Crippen LogP contribution in [0.5, 0.6) is 0 Å². The van der Waals surface area contributed by atoms with E-state index in [9.17, 15) is 14.7 Å². The van der Waals surface area contributed by atoms with Gasteiger partial charge in [-0.15, -0.1) is 0 Å². The van der Waals surface area contributed by atoms with Crippen molar-refractivity contribution in [2.75, 3.05) is 0 Å². The summed E-state index contributed by atoms with van der Waals surface area (Å²) in [5.41, 5.74) is 3.32. The lowest BCUT2D eigenvalue weighted by Crippen LogP contribution is -2.58. The predicted octanol–water partition coefficient (Wildman–Crippen LogP) is 4.96. The molecular weight excluding hydrogens is 452 g/mol. The van der Waals surface area contributed by atoms with Crippen LogP contribution in [0.4, 0.5) is 0 Å². The smallest absolute Gasteiger partial charge is 0.331 e. The number of carboxylic acids is 1. The van der Waals surface area contributed by atoms with Crippen LogP contribution in [0.1, 0.15) is 45.6 Å². The molecular formula is C27H33ClN2O4. The molecule has 1 aliphatic rings. The minimum absolute atomic E-state index is 0.0207. The first-order valence-corrected chi connectivity index (χ1v) is 12.1. The third kappa shape index (κ3) is 6.92. The van der Waals surface area contributed by atoms with Gasteiger partial charge >= 0.3 is 5.97 Å². The maximum Gasteiger partial charge on any atom is 0.331 e. The maximum atomic E-state index is 12.0. The van der Waals surface area contributed by atoms with Crippen molar-refractivity contribution in [1.82, 2.24) is 10.6 Å². The van der Waals surface area contributed by atoms with E-state index >= 15 is 0 Å². The van der Waals surface area contributed by atoms with E-state index in [2.05, 4.69) is 16.7 Å². The number of carboxylic acid groups (broad SMARTS) is 1. The summed E-state index contributed by atoms with van der Waals surface area (Å²) >= 11 is 6.40. The summed E-state index contributed by atoms with van der Waals surface area (Å²) in [7, 11) is 0. The van der Waals surface area contributed by atoms with E-state index in [1.807, 2.05) is 56.3 Å². The fourth-order valence-electron chi connectivity index (χ4n) is 4.36. The van der Waals surface area contributed by atoms with Crippen LogP contribution in [0.15, 0.2) is 60.2 Å². The number of hydrogen-bond acceptors (Lipinski definition) is 4. The average Bonchev–Trinajstić information content (AvgIpc) is 2.82. The van der Waals surface area contributed by atoms with Gasteiger partial charge in [0, 0.05) is 30.1 Å². The van der Waals surface area contributed by atoms with Gasteiger partial charge in [-0.2, -0.15) is 0 Å². The van der Waals surface area contributed by atoms with Crippen molar-refractivity contribution >= 4 is 23.5 Å². The monoisotopic (exact) mass is 484 g/mol. The standard InChI is InChI=1S/C27H33ClN2O4/c1-4-23(5-2)34-25-15-21(27(32)33)14-24(26(25)30-17(3)31)29-16-18-11-20(13-22(28)12-18)19-9-7-6-8-10-19/h6-13,15,23-26,29H,4-5,14,16H2,1-3H3,(H,30,31)(H,32,33)/t24-,25+,26+/m0/s1. The SMILES string of the molecule is CCC(CC)O[C@@H]1C=C(C(=O)O)C[C@H](NCc2cc(Cl)cc(-c3ccccc3)c2)[C@H]1NC(C)=O. The lowest BCUT2D eigenvalue weighted by molar-refractivity contribution is -0.133. The van der Waals surface area contributed by atoms with Crippen molar-refractivity contribution < 1.29 is 19.4 Å². The molecule has 0 bridgehead atoms. The highest BCUT2D eigenvalue weighted by Crippen LogP contribution is 2.27. The molecule has 0 radical (unpaired) electrons. The van der Waals surface area contributed by atoms with Crippen LogP contribution in [0.2, 0.25) is 5.02 Å². The van der Waals surface area contributed by atoms with E-state index < -0.39 is 18.1 Å². The molecule has 2 aromatic carbocycles. The molecule has 0 fully saturated rings. The molecule has 1 amide bonds. The Morgan fingerprint density at radius 2 is 1.82 bits per heavy atom. The zero-order valence-corrected chi connectivity index (χ0v) is 20.6. The minimum Gasteiger partial charge on any atom is -0.478 e. The van der Waals surface area contributed by atoms with Crippen LogP contribution < -0.4 is 10.6 Å². The summed E-state index contributed by atoms with van der Waals surface area (Å²) in [6.45, 7) is 5.99. The van der Waals surface area contributed by atoms with Crippen LogP contribution in [0.3, 0.4) is 0 Å². The summed E-state index contributed by atoms with van der Waals surface area (Å²) in [5.74, 6) is -1.16. The Labute approximate surface area is 206 Å². The van der Waals surface area contributed by atoms with Gasteiger partial charge in [0.15, 0.2) is 0 Å². The van der Waals surface area contributed by atoms with Crippen LogP contribution in [0.25, 0.3) is 11.1 Å². The first kappa shape index (κ1) is 25.9. The fourth-order valence-corrected chi connectivity index (χ4v) is 4.62. The quantitative estimate of drug-likeness (QED) is 0.443. The summed E-state index contributed by atoms with van der Waals surface area (Å²) in [5, 5.41) is 16.8. The Bertz CT molecular complexity index is 1020. The highest BCUT2D eigenvalue weighted by atomic mass is 35.5. The molecule has 0 saturated heterocycles. The van der Waals surface area contributed by atoms with Crippen molar-refractivity contribution in [3.8, 4) is 11.1 Å². The highest BCUT2D eigenvalue weighted by Gasteiger charge is 2.37. The molecule has 3 N–H and O–H groups in total. The number of benzene rings is 2. The first-order chi connectivity index (χ1) is 16.3. The Kier molecular flexibility index (Phi) is 9.28. The fraction of sp³-hybridized carbons (Fsp3) is 0.407. The molecule has 3 rings (SSSR count). The number of amides is 1. The van der Waals surface area contributed by atoms with Gasteiger partial charge in [-0.05, 0) is 60.2 Å². The van der Waals surface area contributed by atoms with E-state index in [4.69, 9.17) is 16.3 Å². The van der Waals surface area contributed by atoms with Crippen LogP contribution in [0, 0.1) is 0 Å². The molecule has 0 unspecified atom stereocenters. The van der Waals surface area contributed by atoms with E-state index in [1.54, 1.807) is 6.08 Å². The van der Waals surface area contributed by atoms with Crippen LogP contribution >= 0.6 is 11.6 Å². The molecule has 1 aliphatic carbocycles. The molecule has 0 saturated carbocycles. The molecule has 0 heterocycles. The topological polar surface area (TPSA) is 87.7 Å². The third-order valence-electron chi connectivity index (χ3n) is 6.13. The summed E-state index contributed by atoms with van der Waals surface area (Å²) in [6, 6.07) is 15.2. The van der Waals surface area contributed by atoms with Crippen molar-refractivity contribution in [3.05, 3.63) is 70.8 Å². The number of ether oxygens (including phenoxy) is 1. The Morgan fingerprint density at radius 1 is 1.12 bits per heavy atom. The second-order valence-electron chi connectivity index (χ2n) is 8.67. The van der Waals surface area contributed by atoms with Gasteiger partial charge < -0.3 is 20.5 Å². The van der Waals surface area contributed by atoms with Gasteiger partial charge in [-0.3, -0.25) is 4.79 Å². The predicted molar refractivity (Wildman–Crippen MR) is 135 cm³/mol. The van der Waals surface area contributed by atoms with Gasteiger partial charge in [0.1, 0.15) is 0 Å². The van der Waals surface area contributed by atoms with Crippen molar-refractivity contribution in [2.24, 2.45) is 0 Å². The molecule has 2 aromatic rings. The Hall–Kier alpha value is -2.67. The Morgan fingerprint density at radius 3 is 2.44 bits per heavy atom. The number of hydrogen-bond donors (Lipinski definition) is 3. The van der Waals surface area contributed by atoms with Crippen molar-refractivity contribution in [2.45, 2.75) is 70.9 Å². The number of rotatable bonds is 10. The molecule has 3 atom stereocenters. The lowest BCUT2D eigenvalue weighted by Gasteiger charge is -2.38. The lowest BCUT2D eigenvalue weighted by atomic mass is 9.87. The summed E-state index contributed by atoms with van der Waals surface area (Å²) in [6.07, 6.45) is 2.97. The molecule has 0 aromatic heterocycles. The van der Waals surface area contributed by atoms with E-state index in [1.165, 1.54) is 6.92 Å². The minimum atomic E-state index is -0.972. The number of nitrogens with one attached hydrogen (secondary N) is 2. The van der Waals surface area contributed by atoms with Crippen molar-refractivity contribution in [3.63, 3.8) is 0 Å². The number of carbonyl (C=O) groups excluding carboxylic acids is 1. The number of aliphatic carboxylic acids is 1. The second-order valence-corrected chi connectivity index (χ2v) is 9.10. The highest BCUT2D eigenvalue weighted by molar-refractivity contribution is 6.31. The largest absolute Gasteiger partial charge is 0.478 e. The molecule has 7 heteroatoms. The van der Waals surface area contributed by atoms with Gasteiger partial charge in [-0.25, -0.2) is 4.79 Å². The summed E-state index contributed by atoms with van der Waals surface area (Å²) < 4.78 is 6.25.